The second-order valence-electron chi connectivity index (χ2n) is 7.06. The van der Waals surface area contributed by atoms with E-state index in [0.29, 0.717) is 17.7 Å². The van der Waals surface area contributed by atoms with Crippen LogP contribution in [0.1, 0.15) is 30.5 Å². The maximum atomic E-state index is 13.0. The van der Waals surface area contributed by atoms with Gasteiger partial charge in [-0.3, -0.25) is 9.36 Å². The molecule has 1 aromatic heterocycles. The molecule has 4 rings (SSSR count). The van der Waals surface area contributed by atoms with E-state index >= 15 is 0 Å². The Labute approximate surface area is 179 Å². The molecule has 30 heavy (non-hydrogen) atoms. The van der Waals surface area contributed by atoms with Crippen LogP contribution < -0.4 is 9.60 Å². The molecule has 0 spiro atoms. The van der Waals surface area contributed by atoms with E-state index in [1.54, 1.807) is 22.8 Å². The van der Waals surface area contributed by atoms with Crippen molar-refractivity contribution in [1.29, 1.82) is 0 Å². The molecule has 1 heterocycles. The molecule has 3 aromatic carbocycles. The Bertz CT molecular complexity index is 1310. The van der Waals surface area contributed by atoms with Crippen LogP contribution in [0.15, 0.2) is 88.6 Å². The van der Waals surface area contributed by atoms with Crippen LogP contribution in [0.2, 0.25) is 0 Å². The molecule has 0 bridgehead atoms. The zero-order chi connectivity index (χ0) is 21.1. The number of fused-ring (bicyclic) bond motifs is 1. The summed E-state index contributed by atoms with van der Waals surface area (Å²) in [5.74, 6) is 0. The number of nitrogens with zero attached hydrogens (tertiary/aromatic N) is 1. The predicted molar refractivity (Wildman–Crippen MR) is 121 cm³/mol. The van der Waals surface area contributed by atoms with E-state index in [1.807, 2.05) is 67.6 Å². The molecule has 154 valence electrons. The average molecular weight is 439 g/mol. The van der Waals surface area contributed by atoms with Crippen LogP contribution in [0.5, 0.6) is 0 Å². The highest BCUT2D eigenvalue weighted by Gasteiger charge is 2.21. The number of hydrogen-bond donors (Lipinski definition) is 1. The van der Waals surface area contributed by atoms with Crippen LogP contribution >= 0.6 is 11.3 Å². The molecular formula is C23H22N2O3S2. The Morgan fingerprint density at radius 2 is 1.63 bits per heavy atom. The van der Waals surface area contributed by atoms with Crippen molar-refractivity contribution in [2.45, 2.75) is 30.8 Å². The van der Waals surface area contributed by atoms with Crippen molar-refractivity contribution in [2.24, 2.45) is 0 Å². The summed E-state index contributed by atoms with van der Waals surface area (Å²) in [7, 11) is -3.73. The summed E-state index contributed by atoms with van der Waals surface area (Å²) in [6.07, 6.45) is 0.631. The number of aromatic nitrogens is 1. The largest absolute Gasteiger partial charge is 0.308 e. The Morgan fingerprint density at radius 3 is 2.30 bits per heavy atom. The van der Waals surface area contributed by atoms with Crippen LogP contribution in [-0.2, 0) is 16.6 Å². The average Bonchev–Trinajstić information content (AvgIpc) is 3.08. The molecule has 0 unspecified atom stereocenters. The summed E-state index contributed by atoms with van der Waals surface area (Å²) in [5, 5.41) is 0. The molecule has 0 fully saturated rings. The smallest absolute Gasteiger partial charge is 0.294 e. The first-order valence-electron chi connectivity index (χ1n) is 9.72. The van der Waals surface area contributed by atoms with Crippen molar-refractivity contribution >= 4 is 31.6 Å². The molecule has 0 aliphatic carbocycles. The van der Waals surface area contributed by atoms with Crippen molar-refractivity contribution < 1.29 is 8.42 Å². The van der Waals surface area contributed by atoms with Gasteiger partial charge in [0.25, 0.3) is 0 Å². The summed E-state index contributed by atoms with van der Waals surface area (Å²) >= 11 is 1.06. The first-order chi connectivity index (χ1) is 14.5. The van der Waals surface area contributed by atoms with Crippen LogP contribution in [0.3, 0.4) is 0 Å². The van der Waals surface area contributed by atoms with Crippen LogP contribution in [-0.4, -0.2) is 13.0 Å². The number of hydrogen-bond acceptors (Lipinski definition) is 4. The van der Waals surface area contributed by atoms with Gasteiger partial charge in [0.1, 0.15) is 0 Å². The first kappa shape index (κ1) is 20.5. The monoisotopic (exact) mass is 438 g/mol. The van der Waals surface area contributed by atoms with E-state index in [4.69, 9.17) is 0 Å². The van der Waals surface area contributed by atoms with E-state index in [9.17, 15) is 13.2 Å². The van der Waals surface area contributed by atoms with Crippen LogP contribution in [0, 0.1) is 0 Å². The van der Waals surface area contributed by atoms with Gasteiger partial charge >= 0.3 is 4.87 Å². The Kier molecular flexibility index (Phi) is 5.85. The van der Waals surface area contributed by atoms with Gasteiger partial charge in [-0.25, -0.2) is 13.1 Å². The second-order valence-corrected chi connectivity index (χ2v) is 9.77. The van der Waals surface area contributed by atoms with Gasteiger partial charge in [0, 0.05) is 6.04 Å². The molecule has 0 saturated carbocycles. The van der Waals surface area contributed by atoms with Gasteiger partial charge in [-0.05, 0) is 35.7 Å². The molecule has 0 aliphatic heterocycles. The minimum atomic E-state index is -3.73. The topological polar surface area (TPSA) is 68.2 Å². The number of sulfonamides is 1. The maximum absolute atomic E-state index is 13.0. The Morgan fingerprint density at radius 1 is 0.967 bits per heavy atom. The zero-order valence-electron chi connectivity index (χ0n) is 16.5. The summed E-state index contributed by atoms with van der Waals surface area (Å²) in [6.45, 7) is 2.40. The van der Waals surface area contributed by atoms with Crippen LogP contribution in [0.4, 0.5) is 0 Å². The minimum absolute atomic E-state index is 0.105. The molecule has 0 radical (unpaired) electrons. The lowest BCUT2D eigenvalue weighted by Gasteiger charge is -2.17. The van der Waals surface area contributed by atoms with Gasteiger partial charge < -0.3 is 0 Å². The van der Waals surface area contributed by atoms with Crippen molar-refractivity contribution in [3.05, 3.63) is 99.7 Å². The quantitative estimate of drug-likeness (QED) is 0.461. The molecule has 7 heteroatoms. The molecular weight excluding hydrogens is 416 g/mol. The number of benzene rings is 3. The van der Waals surface area contributed by atoms with Crippen LogP contribution in [0.25, 0.3) is 10.2 Å². The summed E-state index contributed by atoms with van der Waals surface area (Å²) in [6, 6.07) is 23.8. The fourth-order valence-electron chi connectivity index (χ4n) is 3.46. The second kappa shape index (κ2) is 8.55. The third-order valence-electron chi connectivity index (χ3n) is 5.04. The fraction of sp³-hybridized carbons (Fsp3) is 0.174. The lowest BCUT2D eigenvalue weighted by molar-refractivity contribution is 0.550. The molecule has 0 aliphatic rings. The van der Waals surface area contributed by atoms with Crippen molar-refractivity contribution in [3.63, 3.8) is 0 Å². The molecule has 5 nitrogen and oxygen atoms in total. The van der Waals surface area contributed by atoms with Crippen molar-refractivity contribution in [1.82, 2.24) is 9.29 Å². The molecule has 0 saturated heterocycles. The summed E-state index contributed by atoms with van der Waals surface area (Å²) < 4.78 is 31.2. The molecule has 0 amide bonds. The third kappa shape index (κ3) is 4.23. The highest BCUT2D eigenvalue weighted by molar-refractivity contribution is 7.89. The van der Waals surface area contributed by atoms with E-state index < -0.39 is 10.0 Å². The number of thiazole rings is 1. The SMILES string of the molecule is CC[C@@H](NS(=O)(=O)c1ccc2c(c1)sc(=O)n2Cc1ccccc1)c1ccccc1. The van der Waals surface area contributed by atoms with Gasteiger partial charge in [0.15, 0.2) is 0 Å². The van der Waals surface area contributed by atoms with Gasteiger partial charge in [0.2, 0.25) is 10.0 Å². The first-order valence-corrected chi connectivity index (χ1v) is 12.0. The van der Waals surface area contributed by atoms with E-state index in [1.165, 1.54) is 0 Å². The van der Waals surface area contributed by atoms with Gasteiger partial charge in [0.05, 0.1) is 21.7 Å². The third-order valence-corrected chi connectivity index (χ3v) is 7.45. The van der Waals surface area contributed by atoms with Gasteiger partial charge in [-0.15, -0.1) is 0 Å². The number of rotatable bonds is 7. The standard InChI is InChI=1S/C23H22N2O3S2/c1-2-20(18-11-7-4-8-12-18)24-30(27,28)19-13-14-21-22(15-19)29-23(26)25(21)16-17-9-5-3-6-10-17/h3-15,20,24H,2,16H2,1H3/t20-/m1/s1. The summed E-state index contributed by atoms with van der Waals surface area (Å²) in [4.78, 5) is 12.6. The molecule has 4 aromatic rings. The Balaban J connectivity index is 1.65. The molecule has 1 atom stereocenters. The van der Waals surface area contributed by atoms with E-state index in [2.05, 4.69) is 4.72 Å². The molecule has 1 N–H and O–H groups in total. The Hall–Kier alpha value is -2.74. The highest BCUT2D eigenvalue weighted by Crippen LogP contribution is 2.25. The highest BCUT2D eigenvalue weighted by atomic mass is 32.2. The van der Waals surface area contributed by atoms with E-state index in [0.717, 1.165) is 28.0 Å². The number of nitrogens with one attached hydrogen (secondary N) is 1. The van der Waals surface area contributed by atoms with Gasteiger partial charge in [-0.2, -0.15) is 0 Å². The summed E-state index contributed by atoms with van der Waals surface area (Å²) in [5.41, 5.74) is 2.68. The zero-order valence-corrected chi connectivity index (χ0v) is 18.1. The normalized spacial score (nSPS) is 12.8. The van der Waals surface area contributed by atoms with Gasteiger partial charge in [-0.1, -0.05) is 78.9 Å². The van der Waals surface area contributed by atoms with Crippen molar-refractivity contribution in [2.75, 3.05) is 0 Å². The lowest BCUT2D eigenvalue weighted by Crippen LogP contribution is -2.28. The lowest BCUT2D eigenvalue weighted by atomic mass is 10.1. The minimum Gasteiger partial charge on any atom is -0.294 e. The predicted octanol–water partition coefficient (Wildman–Crippen LogP) is 4.54. The van der Waals surface area contributed by atoms with Crippen molar-refractivity contribution in [3.8, 4) is 0 Å². The van der Waals surface area contributed by atoms with E-state index in [-0.39, 0.29) is 15.8 Å². The maximum Gasteiger partial charge on any atom is 0.308 e. The fourth-order valence-corrected chi connectivity index (χ4v) is 5.80.